The summed E-state index contributed by atoms with van der Waals surface area (Å²) in [6.07, 6.45) is 10.1. The first kappa shape index (κ1) is 15.1. The molecule has 5 heteroatoms. The second-order valence-electron chi connectivity index (χ2n) is 4.43. The fourth-order valence-electron chi connectivity index (χ4n) is 1.72. The summed E-state index contributed by atoms with van der Waals surface area (Å²) < 4.78 is 0. The second-order valence-corrected chi connectivity index (χ2v) is 4.43. The fourth-order valence-corrected chi connectivity index (χ4v) is 1.72. The van der Waals surface area contributed by atoms with Crippen LogP contribution >= 0.6 is 0 Å². The zero-order valence-electron chi connectivity index (χ0n) is 11.7. The third-order valence-corrected chi connectivity index (χ3v) is 2.82. The van der Waals surface area contributed by atoms with E-state index < -0.39 is 5.97 Å². The summed E-state index contributed by atoms with van der Waals surface area (Å²) in [5.41, 5.74) is 2.38. The highest BCUT2D eigenvalue weighted by Crippen LogP contribution is 2.15. The van der Waals surface area contributed by atoms with E-state index in [2.05, 4.69) is 16.0 Å². The first-order chi connectivity index (χ1) is 10.7. The lowest BCUT2D eigenvalue weighted by molar-refractivity contribution is -0.131. The van der Waals surface area contributed by atoms with Gasteiger partial charge in [0.2, 0.25) is 0 Å². The number of aliphatic carboxylic acids is 1. The van der Waals surface area contributed by atoms with Crippen molar-refractivity contribution in [3.05, 3.63) is 72.1 Å². The minimum atomic E-state index is -0.972. The van der Waals surface area contributed by atoms with Gasteiger partial charge < -0.3 is 5.11 Å². The van der Waals surface area contributed by atoms with E-state index in [0.717, 1.165) is 17.2 Å². The average molecular weight is 291 g/mol. The molecule has 1 aromatic carbocycles. The summed E-state index contributed by atoms with van der Waals surface area (Å²) in [5, 5.41) is 17.2. The van der Waals surface area contributed by atoms with Crippen LogP contribution in [0.1, 0.15) is 11.1 Å². The fraction of sp³-hybridized carbons (Fsp3) is 0.0588. The van der Waals surface area contributed by atoms with Crippen molar-refractivity contribution in [2.45, 2.75) is 6.42 Å². The van der Waals surface area contributed by atoms with Crippen LogP contribution in [0.2, 0.25) is 0 Å². The monoisotopic (exact) mass is 291 g/mol. The Morgan fingerprint density at radius 1 is 1.18 bits per heavy atom. The molecule has 1 heterocycles. The molecule has 0 unspecified atom stereocenters. The van der Waals surface area contributed by atoms with E-state index in [1.165, 1.54) is 6.08 Å². The molecule has 0 amide bonds. The van der Waals surface area contributed by atoms with Crippen molar-refractivity contribution in [1.82, 2.24) is 9.97 Å². The Balaban J connectivity index is 2.00. The molecule has 2 aromatic rings. The molecular weight excluding hydrogens is 278 g/mol. The topological polar surface area (TPSA) is 86.9 Å². The van der Waals surface area contributed by atoms with Gasteiger partial charge >= 0.3 is 5.97 Å². The SMILES string of the molecule is N#Cc1ccc(-c2ncc(CC=CC=CC(=O)O)cn2)cc1. The van der Waals surface area contributed by atoms with Crippen molar-refractivity contribution in [1.29, 1.82) is 5.26 Å². The van der Waals surface area contributed by atoms with Gasteiger partial charge in [-0.2, -0.15) is 5.26 Å². The highest BCUT2D eigenvalue weighted by Gasteiger charge is 2.01. The van der Waals surface area contributed by atoms with E-state index in [4.69, 9.17) is 10.4 Å². The molecule has 0 spiro atoms. The van der Waals surface area contributed by atoms with E-state index >= 15 is 0 Å². The van der Waals surface area contributed by atoms with Crippen molar-refractivity contribution in [2.24, 2.45) is 0 Å². The first-order valence-corrected chi connectivity index (χ1v) is 6.56. The smallest absolute Gasteiger partial charge is 0.328 e. The number of rotatable bonds is 5. The molecule has 0 aliphatic rings. The van der Waals surface area contributed by atoms with Crippen molar-refractivity contribution >= 4 is 5.97 Å². The normalized spacial score (nSPS) is 10.9. The molecule has 2 rings (SSSR count). The van der Waals surface area contributed by atoms with Gasteiger partial charge in [-0.25, -0.2) is 14.8 Å². The molecule has 0 fully saturated rings. The highest BCUT2D eigenvalue weighted by atomic mass is 16.4. The molecule has 5 nitrogen and oxygen atoms in total. The summed E-state index contributed by atoms with van der Waals surface area (Å²) >= 11 is 0. The molecule has 0 aliphatic heterocycles. The Hall–Kier alpha value is -3.26. The Morgan fingerprint density at radius 2 is 1.86 bits per heavy atom. The maximum Gasteiger partial charge on any atom is 0.328 e. The van der Waals surface area contributed by atoms with Crippen LogP contribution < -0.4 is 0 Å². The highest BCUT2D eigenvalue weighted by molar-refractivity contribution is 5.80. The van der Waals surface area contributed by atoms with Gasteiger partial charge in [0, 0.05) is 24.0 Å². The van der Waals surface area contributed by atoms with Crippen LogP contribution in [0.5, 0.6) is 0 Å². The Morgan fingerprint density at radius 3 is 2.45 bits per heavy atom. The van der Waals surface area contributed by atoms with E-state index in [0.29, 0.717) is 17.8 Å². The van der Waals surface area contributed by atoms with Crippen molar-refractivity contribution in [3.8, 4) is 17.5 Å². The van der Waals surface area contributed by atoms with Crippen LogP contribution in [0.15, 0.2) is 61.0 Å². The first-order valence-electron chi connectivity index (χ1n) is 6.56. The van der Waals surface area contributed by atoms with Crippen LogP contribution in [0.3, 0.4) is 0 Å². The van der Waals surface area contributed by atoms with Gasteiger partial charge in [-0.1, -0.05) is 18.2 Å². The summed E-state index contributed by atoms with van der Waals surface area (Å²) in [6.45, 7) is 0. The lowest BCUT2D eigenvalue weighted by Crippen LogP contribution is -1.91. The van der Waals surface area contributed by atoms with Gasteiger partial charge in [0.25, 0.3) is 0 Å². The molecular formula is C17H13N3O2. The molecule has 0 aliphatic carbocycles. The number of nitriles is 1. The van der Waals surface area contributed by atoms with E-state index in [1.54, 1.807) is 30.6 Å². The third-order valence-electron chi connectivity index (χ3n) is 2.82. The summed E-state index contributed by atoms with van der Waals surface area (Å²) in [6, 6.07) is 9.14. The molecule has 0 bridgehead atoms. The maximum atomic E-state index is 10.3. The lowest BCUT2D eigenvalue weighted by atomic mass is 10.1. The van der Waals surface area contributed by atoms with Gasteiger partial charge in [0.15, 0.2) is 5.82 Å². The standard InChI is InChI=1S/C17H13N3O2/c18-10-13-6-8-15(9-7-13)17-19-11-14(12-20-17)4-2-1-3-5-16(21)22/h1-3,5-9,11-12H,4H2,(H,21,22). The molecule has 22 heavy (non-hydrogen) atoms. The number of hydrogen-bond acceptors (Lipinski definition) is 4. The lowest BCUT2D eigenvalue weighted by Gasteiger charge is -2.01. The molecule has 108 valence electrons. The van der Waals surface area contributed by atoms with E-state index in [-0.39, 0.29) is 0 Å². The average Bonchev–Trinajstić information content (AvgIpc) is 2.55. The van der Waals surface area contributed by atoms with Gasteiger partial charge in [0.05, 0.1) is 11.6 Å². The number of allylic oxidation sites excluding steroid dienone is 3. The van der Waals surface area contributed by atoms with Crippen LogP contribution in [0.25, 0.3) is 11.4 Å². The largest absolute Gasteiger partial charge is 0.478 e. The van der Waals surface area contributed by atoms with Crippen LogP contribution in [-0.2, 0) is 11.2 Å². The summed E-state index contributed by atoms with van der Waals surface area (Å²) in [7, 11) is 0. The number of aromatic nitrogens is 2. The van der Waals surface area contributed by atoms with E-state index in [1.807, 2.05) is 18.2 Å². The second kappa shape index (κ2) is 7.50. The number of carboxylic acids is 1. The molecule has 0 saturated heterocycles. The van der Waals surface area contributed by atoms with Crippen LogP contribution in [-0.4, -0.2) is 21.0 Å². The van der Waals surface area contributed by atoms with Gasteiger partial charge in [-0.15, -0.1) is 0 Å². The van der Waals surface area contributed by atoms with Gasteiger partial charge in [-0.3, -0.25) is 0 Å². The van der Waals surface area contributed by atoms with Crippen molar-refractivity contribution in [3.63, 3.8) is 0 Å². The van der Waals surface area contributed by atoms with E-state index in [9.17, 15) is 4.79 Å². The number of nitrogens with zero attached hydrogens (tertiary/aromatic N) is 3. The number of hydrogen-bond donors (Lipinski definition) is 1. The molecule has 1 N–H and O–H groups in total. The minimum Gasteiger partial charge on any atom is -0.478 e. The van der Waals surface area contributed by atoms with Crippen LogP contribution in [0, 0.1) is 11.3 Å². The van der Waals surface area contributed by atoms with Gasteiger partial charge in [-0.05, 0) is 36.2 Å². The molecule has 1 aromatic heterocycles. The molecule has 0 radical (unpaired) electrons. The molecule has 0 atom stereocenters. The Kier molecular flexibility index (Phi) is 5.16. The quantitative estimate of drug-likeness (QED) is 0.676. The van der Waals surface area contributed by atoms with Crippen LogP contribution in [0.4, 0.5) is 0 Å². The van der Waals surface area contributed by atoms with Gasteiger partial charge in [0.1, 0.15) is 0 Å². The van der Waals surface area contributed by atoms with Crippen molar-refractivity contribution in [2.75, 3.05) is 0 Å². The zero-order chi connectivity index (χ0) is 15.8. The minimum absolute atomic E-state index is 0.597. The number of carbonyl (C=O) groups is 1. The predicted molar refractivity (Wildman–Crippen MR) is 81.8 cm³/mol. The number of benzene rings is 1. The summed E-state index contributed by atoms with van der Waals surface area (Å²) in [5.74, 6) is -0.372. The Labute approximate surface area is 127 Å². The Bertz CT molecular complexity index is 739. The maximum absolute atomic E-state index is 10.3. The predicted octanol–water partition coefficient (Wildman–Crippen LogP) is 2.75. The molecule has 0 saturated carbocycles. The number of carboxylic acid groups (broad SMARTS) is 1. The zero-order valence-corrected chi connectivity index (χ0v) is 11.7. The van der Waals surface area contributed by atoms with Crippen molar-refractivity contribution < 1.29 is 9.90 Å². The summed E-state index contributed by atoms with van der Waals surface area (Å²) in [4.78, 5) is 18.9. The third kappa shape index (κ3) is 4.39.